The molecule has 0 heterocycles. The van der Waals surface area contributed by atoms with Crippen molar-refractivity contribution < 1.29 is 9.47 Å². The molecule has 0 aromatic heterocycles. The molecule has 2 aromatic carbocycles. The Balaban J connectivity index is 1.56. The SMILES string of the molecule is NCc1ccccc1OCCOCCCc1ccccc1. The second kappa shape index (κ2) is 9.16. The molecule has 0 aliphatic heterocycles. The Bertz CT molecular complexity index is 514. The minimum Gasteiger partial charge on any atom is -0.491 e. The summed E-state index contributed by atoms with van der Waals surface area (Å²) < 4.78 is 11.3. The van der Waals surface area contributed by atoms with E-state index in [4.69, 9.17) is 15.2 Å². The molecule has 112 valence electrons. The molecule has 2 N–H and O–H groups in total. The van der Waals surface area contributed by atoms with E-state index in [2.05, 4.69) is 24.3 Å². The number of benzene rings is 2. The van der Waals surface area contributed by atoms with Gasteiger partial charge in [-0.2, -0.15) is 0 Å². The van der Waals surface area contributed by atoms with E-state index in [0.29, 0.717) is 19.8 Å². The van der Waals surface area contributed by atoms with Crippen molar-refractivity contribution in [1.82, 2.24) is 0 Å². The van der Waals surface area contributed by atoms with Gasteiger partial charge in [-0.25, -0.2) is 0 Å². The third-order valence-corrected chi connectivity index (χ3v) is 3.27. The van der Waals surface area contributed by atoms with Gasteiger partial charge in [-0.1, -0.05) is 48.5 Å². The first kappa shape index (κ1) is 15.5. The first-order valence-electron chi connectivity index (χ1n) is 7.42. The quantitative estimate of drug-likeness (QED) is 0.720. The van der Waals surface area contributed by atoms with E-state index in [1.807, 2.05) is 30.3 Å². The fraction of sp³-hybridized carbons (Fsp3) is 0.333. The molecule has 0 aliphatic carbocycles. The van der Waals surface area contributed by atoms with Crippen molar-refractivity contribution in [1.29, 1.82) is 0 Å². The highest BCUT2D eigenvalue weighted by molar-refractivity contribution is 5.32. The average Bonchev–Trinajstić information content (AvgIpc) is 2.55. The summed E-state index contributed by atoms with van der Waals surface area (Å²) in [5.41, 5.74) is 8.05. The Hall–Kier alpha value is -1.84. The zero-order chi connectivity index (χ0) is 14.8. The molecule has 3 heteroatoms. The van der Waals surface area contributed by atoms with Crippen molar-refractivity contribution in [3.8, 4) is 5.75 Å². The number of hydrogen-bond donors (Lipinski definition) is 1. The smallest absolute Gasteiger partial charge is 0.123 e. The fourth-order valence-corrected chi connectivity index (χ4v) is 2.15. The maximum atomic E-state index is 5.69. The monoisotopic (exact) mass is 285 g/mol. The molecular weight excluding hydrogens is 262 g/mol. The summed E-state index contributed by atoms with van der Waals surface area (Å²) in [5.74, 6) is 0.855. The second-order valence-corrected chi connectivity index (χ2v) is 4.86. The maximum absolute atomic E-state index is 5.69. The summed E-state index contributed by atoms with van der Waals surface area (Å²) in [6, 6.07) is 18.3. The van der Waals surface area contributed by atoms with E-state index in [-0.39, 0.29) is 0 Å². The highest BCUT2D eigenvalue weighted by atomic mass is 16.5. The summed E-state index contributed by atoms with van der Waals surface area (Å²) in [7, 11) is 0. The highest BCUT2D eigenvalue weighted by Crippen LogP contribution is 2.16. The number of ether oxygens (including phenoxy) is 2. The van der Waals surface area contributed by atoms with E-state index in [9.17, 15) is 0 Å². The number of rotatable bonds is 9. The van der Waals surface area contributed by atoms with Crippen LogP contribution in [0.4, 0.5) is 0 Å². The lowest BCUT2D eigenvalue weighted by Crippen LogP contribution is -2.10. The van der Waals surface area contributed by atoms with Crippen molar-refractivity contribution in [3.05, 3.63) is 65.7 Å². The topological polar surface area (TPSA) is 44.5 Å². The van der Waals surface area contributed by atoms with Gasteiger partial charge in [0, 0.05) is 18.7 Å². The zero-order valence-corrected chi connectivity index (χ0v) is 12.3. The van der Waals surface area contributed by atoms with Gasteiger partial charge in [0.25, 0.3) is 0 Å². The molecule has 3 nitrogen and oxygen atoms in total. The summed E-state index contributed by atoms with van der Waals surface area (Å²) in [4.78, 5) is 0. The fourth-order valence-electron chi connectivity index (χ4n) is 2.15. The van der Waals surface area contributed by atoms with Gasteiger partial charge in [-0.15, -0.1) is 0 Å². The summed E-state index contributed by atoms with van der Waals surface area (Å²) in [6.07, 6.45) is 2.08. The minimum atomic E-state index is 0.494. The lowest BCUT2D eigenvalue weighted by Gasteiger charge is -2.10. The number of hydrogen-bond acceptors (Lipinski definition) is 3. The Morgan fingerprint density at radius 3 is 2.38 bits per heavy atom. The molecule has 2 rings (SSSR count). The third kappa shape index (κ3) is 5.58. The predicted molar refractivity (Wildman–Crippen MR) is 85.4 cm³/mol. The van der Waals surface area contributed by atoms with Gasteiger partial charge in [0.05, 0.1) is 6.61 Å². The van der Waals surface area contributed by atoms with Crippen LogP contribution >= 0.6 is 0 Å². The van der Waals surface area contributed by atoms with Crippen molar-refractivity contribution in [2.45, 2.75) is 19.4 Å². The summed E-state index contributed by atoms with van der Waals surface area (Å²) in [6.45, 7) is 2.42. The van der Waals surface area contributed by atoms with Crippen molar-refractivity contribution >= 4 is 0 Å². The van der Waals surface area contributed by atoms with Gasteiger partial charge in [0.1, 0.15) is 12.4 Å². The lowest BCUT2D eigenvalue weighted by molar-refractivity contribution is 0.0982. The molecule has 2 aromatic rings. The molecule has 0 bridgehead atoms. The molecule has 0 saturated heterocycles. The van der Waals surface area contributed by atoms with Crippen molar-refractivity contribution in [2.24, 2.45) is 5.73 Å². The van der Waals surface area contributed by atoms with Crippen LogP contribution in [0.3, 0.4) is 0 Å². The maximum Gasteiger partial charge on any atom is 0.123 e. The van der Waals surface area contributed by atoms with Crippen molar-refractivity contribution in [2.75, 3.05) is 19.8 Å². The van der Waals surface area contributed by atoms with Gasteiger partial charge in [-0.05, 0) is 24.5 Å². The van der Waals surface area contributed by atoms with Crippen LogP contribution in [0.2, 0.25) is 0 Å². The van der Waals surface area contributed by atoms with Crippen LogP contribution in [0, 0.1) is 0 Å². The van der Waals surface area contributed by atoms with Crippen LogP contribution < -0.4 is 10.5 Å². The number of aryl methyl sites for hydroxylation is 1. The van der Waals surface area contributed by atoms with Gasteiger partial charge in [0.2, 0.25) is 0 Å². The number of nitrogens with two attached hydrogens (primary N) is 1. The molecule has 0 unspecified atom stereocenters. The minimum absolute atomic E-state index is 0.494. The Morgan fingerprint density at radius 2 is 1.57 bits per heavy atom. The van der Waals surface area contributed by atoms with Gasteiger partial charge >= 0.3 is 0 Å². The Kier molecular flexibility index (Phi) is 6.78. The van der Waals surface area contributed by atoms with Gasteiger partial charge in [-0.3, -0.25) is 0 Å². The predicted octanol–water partition coefficient (Wildman–Crippen LogP) is 3.17. The van der Waals surface area contributed by atoms with E-state index >= 15 is 0 Å². The van der Waals surface area contributed by atoms with Crippen molar-refractivity contribution in [3.63, 3.8) is 0 Å². The molecule has 0 spiro atoms. The Morgan fingerprint density at radius 1 is 0.810 bits per heavy atom. The molecule has 0 radical (unpaired) electrons. The van der Waals surface area contributed by atoms with Crippen LogP contribution in [0.5, 0.6) is 5.75 Å². The first-order valence-corrected chi connectivity index (χ1v) is 7.42. The molecular formula is C18H23NO2. The Labute approximate surface area is 126 Å². The molecule has 0 aliphatic rings. The average molecular weight is 285 g/mol. The molecule has 21 heavy (non-hydrogen) atoms. The van der Waals surface area contributed by atoms with Crippen LogP contribution in [-0.4, -0.2) is 19.8 Å². The summed E-state index contributed by atoms with van der Waals surface area (Å²) in [5, 5.41) is 0. The van der Waals surface area contributed by atoms with E-state index < -0.39 is 0 Å². The normalized spacial score (nSPS) is 10.5. The van der Waals surface area contributed by atoms with Crippen LogP contribution in [0.25, 0.3) is 0 Å². The first-order chi connectivity index (χ1) is 10.4. The lowest BCUT2D eigenvalue weighted by atomic mass is 10.1. The molecule has 0 fully saturated rings. The number of para-hydroxylation sites is 1. The van der Waals surface area contributed by atoms with E-state index in [1.165, 1.54) is 5.56 Å². The van der Waals surface area contributed by atoms with E-state index in [1.54, 1.807) is 0 Å². The van der Waals surface area contributed by atoms with Crippen LogP contribution in [0.1, 0.15) is 17.5 Å². The largest absolute Gasteiger partial charge is 0.491 e. The molecule has 0 atom stereocenters. The van der Waals surface area contributed by atoms with Crippen LogP contribution in [0.15, 0.2) is 54.6 Å². The van der Waals surface area contributed by atoms with Gasteiger partial charge < -0.3 is 15.2 Å². The van der Waals surface area contributed by atoms with Crippen LogP contribution in [-0.2, 0) is 17.7 Å². The molecule has 0 amide bonds. The second-order valence-electron chi connectivity index (χ2n) is 4.86. The zero-order valence-electron chi connectivity index (χ0n) is 12.3. The third-order valence-electron chi connectivity index (χ3n) is 3.27. The van der Waals surface area contributed by atoms with Gasteiger partial charge in [0.15, 0.2) is 0 Å². The van der Waals surface area contributed by atoms with E-state index in [0.717, 1.165) is 30.8 Å². The highest BCUT2D eigenvalue weighted by Gasteiger charge is 2.00. The standard InChI is InChI=1S/C18H23NO2/c19-15-17-10-4-5-11-18(17)21-14-13-20-12-6-9-16-7-2-1-3-8-16/h1-5,7-8,10-11H,6,9,12-15,19H2. The molecule has 0 saturated carbocycles. The summed E-state index contributed by atoms with van der Waals surface area (Å²) >= 11 is 0.